The van der Waals surface area contributed by atoms with E-state index in [1.165, 1.54) is 17.4 Å². The number of nitrogens with one attached hydrogen (secondary N) is 1. The zero-order valence-electron chi connectivity index (χ0n) is 9.03. The Morgan fingerprint density at radius 2 is 2.07 bits per heavy atom. The number of pyridine rings is 1. The highest BCUT2D eigenvalue weighted by Gasteiger charge is 1.99. The second kappa shape index (κ2) is 4.89. The van der Waals surface area contributed by atoms with E-state index in [2.05, 4.69) is 41.5 Å². The van der Waals surface area contributed by atoms with Gasteiger partial charge in [-0.1, -0.05) is 25.1 Å². The van der Waals surface area contributed by atoms with Crippen LogP contribution in [0.1, 0.15) is 18.9 Å². The van der Waals surface area contributed by atoms with Crippen LogP contribution in [-0.2, 0) is 6.54 Å². The second-order valence-corrected chi connectivity index (χ2v) is 3.66. The molecular formula is C13H16N2. The van der Waals surface area contributed by atoms with Gasteiger partial charge in [0.2, 0.25) is 0 Å². The molecule has 0 spiro atoms. The minimum absolute atomic E-state index is 0.927. The van der Waals surface area contributed by atoms with E-state index in [0.717, 1.165) is 18.6 Å². The van der Waals surface area contributed by atoms with Crippen LogP contribution in [-0.4, -0.2) is 11.5 Å². The summed E-state index contributed by atoms with van der Waals surface area (Å²) >= 11 is 0. The number of fused-ring (bicyclic) bond motifs is 1. The van der Waals surface area contributed by atoms with Crippen molar-refractivity contribution in [2.24, 2.45) is 0 Å². The number of para-hydroxylation sites is 1. The van der Waals surface area contributed by atoms with Gasteiger partial charge in [0.25, 0.3) is 0 Å². The molecule has 1 aromatic carbocycles. The number of rotatable bonds is 4. The molecule has 0 radical (unpaired) electrons. The highest BCUT2D eigenvalue weighted by atomic mass is 14.8. The molecule has 0 amide bonds. The number of hydrogen-bond donors (Lipinski definition) is 1. The quantitative estimate of drug-likeness (QED) is 0.768. The van der Waals surface area contributed by atoms with Crippen molar-refractivity contribution in [1.29, 1.82) is 0 Å². The molecule has 0 atom stereocenters. The summed E-state index contributed by atoms with van der Waals surface area (Å²) in [6, 6.07) is 10.4. The summed E-state index contributed by atoms with van der Waals surface area (Å²) in [5.41, 5.74) is 2.40. The van der Waals surface area contributed by atoms with Crippen molar-refractivity contribution in [3.05, 3.63) is 42.1 Å². The Balaban J connectivity index is 2.26. The Morgan fingerprint density at radius 1 is 1.20 bits per heavy atom. The molecule has 0 saturated heterocycles. The molecule has 1 heterocycles. The smallest absolute Gasteiger partial charge is 0.0705 e. The van der Waals surface area contributed by atoms with E-state index in [1.807, 2.05) is 12.3 Å². The van der Waals surface area contributed by atoms with E-state index in [-0.39, 0.29) is 0 Å². The van der Waals surface area contributed by atoms with Crippen molar-refractivity contribution in [2.75, 3.05) is 6.54 Å². The van der Waals surface area contributed by atoms with Crippen LogP contribution in [0, 0.1) is 0 Å². The number of nitrogens with zero attached hydrogens (tertiary/aromatic N) is 1. The summed E-state index contributed by atoms with van der Waals surface area (Å²) in [5, 5.41) is 4.67. The average molecular weight is 200 g/mol. The minimum Gasteiger partial charge on any atom is -0.313 e. The van der Waals surface area contributed by atoms with Gasteiger partial charge < -0.3 is 5.32 Å². The third kappa shape index (κ3) is 2.34. The molecule has 1 N–H and O–H groups in total. The molecule has 0 aliphatic heterocycles. The summed E-state index contributed by atoms with van der Waals surface area (Å²) in [4.78, 5) is 4.34. The fraction of sp³-hybridized carbons (Fsp3) is 0.308. The molecular weight excluding hydrogens is 184 g/mol. The normalized spacial score (nSPS) is 10.7. The first-order valence-electron chi connectivity index (χ1n) is 5.45. The van der Waals surface area contributed by atoms with Gasteiger partial charge >= 0.3 is 0 Å². The van der Waals surface area contributed by atoms with Crippen LogP contribution >= 0.6 is 0 Å². The predicted molar refractivity (Wildman–Crippen MR) is 63.7 cm³/mol. The first-order valence-corrected chi connectivity index (χ1v) is 5.45. The number of aromatic nitrogens is 1. The van der Waals surface area contributed by atoms with Crippen molar-refractivity contribution in [1.82, 2.24) is 10.3 Å². The summed E-state index contributed by atoms with van der Waals surface area (Å²) in [6.45, 7) is 4.17. The van der Waals surface area contributed by atoms with Crippen LogP contribution in [0.15, 0.2) is 36.5 Å². The van der Waals surface area contributed by atoms with E-state index in [9.17, 15) is 0 Å². The topological polar surface area (TPSA) is 24.9 Å². The van der Waals surface area contributed by atoms with Gasteiger partial charge in [0, 0.05) is 18.1 Å². The molecule has 2 rings (SSSR count). The molecule has 2 heteroatoms. The Morgan fingerprint density at radius 3 is 2.93 bits per heavy atom. The van der Waals surface area contributed by atoms with E-state index in [0.29, 0.717) is 0 Å². The Kier molecular flexibility index (Phi) is 3.30. The zero-order valence-corrected chi connectivity index (χ0v) is 9.03. The van der Waals surface area contributed by atoms with Crippen molar-refractivity contribution in [3.8, 4) is 0 Å². The van der Waals surface area contributed by atoms with Crippen molar-refractivity contribution < 1.29 is 0 Å². The van der Waals surface area contributed by atoms with Gasteiger partial charge in [0.05, 0.1) is 5.52 Å². The molecule has 1 aromatic heterocycles. The molecule has 2 nitrogen and oxygen atoms in total. The Bertz CT molecular complexity index is 432. The molecule has 78 valence electrons. The van der Waals surface area contributed by atoms with E-state index in [1.54, 1.807) is 0 Å². The first kappa shape index (κ1) is 10.1. The molecule has 0 unspecified atom stereocenters. The third-order valence-corrected chi connectivity index (χ3v) is 2.48. The van der Waals surface area contributed by atoms with Gasteiger partial charge in [-0.2, -0.15) is 0 Å². The van der Waals surface area contributed by atoms with Gasteiger partial charge in [-0.3, -0.25) is 4.98 Å². The van der Waals surface area contributed by atoms with Crippen LogP contribution in [0.2, 0.25) is 0 Å². The van der Waals surface area contributed by atoms with E-state index in [4.69, 9.17) is 0 Å². The van der Waals surface area contributed by atoms with Crippen molar-refractivity contribution in [2.45, 2.75) is 19.9 Å². The highest BCUT2D eigenvalue weighted by molar-refractivity contribution is 5.81. The zero-order chi connectivity index (χ0) is 10.5. The maximum atomic E-state index is 4.34. The van der Waals surface area contributed by atoms with E-state index >= 15 is 0 Å². The van der Waals surface area contributed by atoms with Gasteiger partial charge in [0.1, 0.15) is 0 Å². The van der Waals surface area contributed by atoms with E-state index < -0.39 is 0 Å². The average Bonchev–Trinajstić information content (AvgIpc) is 2.30. The molecule has 2 aromatic rings. The summed E-state index contributed by atoms with van der Waals surface area (Å²) in [6.07, 6.45) is 3.05. The maximum Gasteiger partial charge on any atom is 0.0705 e. The molecule has 0 fully saturated rings. The molecule has 15 heavy (non-hydrogen) atoms. The Labute approximate surface area is 90.3 Å². The van der Waals surface area contributed by atoms with Gasteiger partial charge in [0.15, 0.2) is 0 Å². The highest BCUT2D eigenvalue weighted by Crippen LogP contribution is 2.15. The third-order valence-electron chi connectivity index (χ3n) is 2.48. The Hall–Kier alpha value is -1.41. The SMILES string of the molecule is CCCNCc1ccnc2ccccc12. The molecule has 0 aliphatic carbocycles. The first-order chi connectivity index (χ1) is 7.42. The standard InChI is InChI=1S/C13H16N2/c1-2-8-14-10-11-7-9-15-13-6-4-3-5-12(11)13/h3-7,9,14H,2,8,10H2,1H3. The second-order valence-electron chi connectivity index (χ2n) is 3.66. The van der Waals surface area contributed by atoms with Crippen LogP contribution in [0.3, 0.4) is 0 Å². The lowest BCUT2D eigenvalue weighted by Crippen LogP contribution is -2.14. The van der Waals surface area contributed by atoms with Crippen molar-refractivity contribution >= 4 is 10.9 Å². The van der Waals surface area contributed by atoms with Gasteiger partial charge in [-0.05, 0) is 30.7 Å². The van der Waals surface area contributed by atoms with Crippen LogP contribution < -0.4 is 5.32 Å². The lowest BCUT2D eigenvalue weighted by molar-refractivity contribution is 0.678. The minimum atomic E-state index is 0.927. The fourth-order valence-corrected chi connectivity index (χ4v) is 1.71. The fourth-order valence-electron chi connectivity index (χ4n) is 1.71. The maximum absolute atomic E-state index is 4.34. The predicted octanol–water partition coefficient (Wildman–Crippen LogP) is 2.73. The monoisotopic (exact) mass is 200 g/mol. The van der Waals surface area contributed by atoms with Crippen molar-refractivity contribution in [3.63, 3.8) is 0 Å². The lowest BCUT2D eigenvalue weighted by Gasteiger charge is -2.06. The van der Waals surface area contributed by atoms with Crippen LogP contribution in [0.4, 0.5) is 0 Å². The molecule has 0 saturated carbocycles. The van der Waals surface area contributed by atoms with Gasteiger partial charge in [-0.25, -0.2) is 0 Å². The van der Waals surface area contributed by atoms with Crippen LogP contribution in [0.5, 0.6) is 0 Å². The lowest BCUT2D eigenvalue weighted by atomic mass is 10.1. The molecule has 0 bridgehead atoms. The summed E-state index contributed by atoms with van der Waals surface area (Å²) in [7, 11) is 0. The largest absolute Gasteiger partial charge is 0.313 e. The number of hydrogen-bond acceptors (Lipinski definition) is 2. The van der Waals surface area contributed by atoms with Crippen LogP contribution in [0.25, 0.3) is 10.9 Å². The molecule has 0 aliphatic rings. The summed E-state index contributed by atoms with van der Waals surface area (Å²) in [5.74, 6) is 0. The van der Waals surface area contributed by atoms with Gasteiger partial charge in [-0.15, -0.1) is 0 Å². The number of benzene rings is 1. The summed E-state index contributed by atoms with van der Waals surface area (Å²) < 4.78 is 0.